The fraction of sp³-hybridized carbons (Fsp3) is 0.588. The molecule has 1 N–H and O–H groups in total. The molecule has 0 bridgehead atoms. The molecule has 2 rings (SSSR count). The van der Waals surface area contributed by atoms with E-state index in [2.05, 4.69) is 10.3 Å². The molecule has 1 aromatic carbocycles. The van der Waals surface area contributed by atoms with Crippen LogP contribution >= 0.6 is 24.0 Å². The van der Waals surface area contributed by atoms with Crippen molar-refractivity contribution >= 4 is 45.5 Å². The van der Waals surface area contributed by atoms with E-state index in [4.69, 9.17) is 0 Å². The Hall–Kier alpha value is -1.24. The lowest BCUT2D eigenvalue weighted by molar-refractivity contribution is -0.137. The second-order valence-electron chi connectivity index (χ2n) is 6.48. The zero-order valence-corrected chi connectivity index (χ0v) is 19.0. The number of nitrogens with zero attached hydrogens (tertiary/aromatic N) is 3. The highest BCUT2D eigenvalue weighted by Gasteiger charge is 2.31. The van der Waals surface area contributed by atoms with Crippen molar-refractivity contribution in [2.24, 2.45) is 4.99 Å². The summed E-state index contributed by atoms with van der Waals surface area (Å²) in [6.07, 6.45) is -2.66. The average molecular weight is 534 g/mol. The van der Waals surface area contributed by atoms with Gasteiger partial charge in [0.2, 0.25) is 0 Å². The molecular formula is C17H26F3IN4O2S. The largest absolute Gasteiger partial charge is 0.416 e. The van der Waals surface area contributed by atoms with Gasteiger partial charge in [0.05, 0.1) is 11.3 Å². The van der Waals surface area contributed by atoms with Gasteiger partial charge in [-0.05, 0) is 24.6 Å². The number of guanidine groups is 1. The van der Waals surface area contributed by atoms with Crippen LogP contribution in [0.3, 0.4) is 0 Å². The third-order valence-electron chi connectivity index (χ3n) is 4.30. The van der Waals surface area contributed by atoms with Gasteiger partial charge in [-0.3, -0.25) is 4.99 Å². The van der Waals surface area contributed by atoms with Gasteiger partial charge >= 0.3 is 6.18 Å². The third kappa shape index (κ3) is 7.64. The van der Waals surface area contributed by atoms with Crippen LogP contribution in [0.25, 0.3) is 0 Å². The summed E-state index contributed by atoms with van der Waals surface area (Å²) >= 11 is 0. The number of alkyl halides is 3. The molecule has 11 heteroatoms. The highest BCUT2D eigenvalue weighted by atomic mass is 127. The van der Waals surface area contributed by atoms with Gasteiger partial charge in [0.25, 0.3) is 0 Å². The minimum absolute atomic E-state index is 0. The Kier molecular flexibility index (Phi) is 9.31. The summed E-state index contributed by atoms with van der Waals surface area (Å²) in [6.45, 7) is 2.87. The number of benzene rings is 1. The molecule has 0 unspecified atom stereocenters. The second-order valence-corrected chi connectivity index (χ2v) is 8.74. The van der Waals surface area contributed by atoms with E-state index >= 15 is 0 Å². The van der Waals surface area contributed by atoms with Crippen LogP contribution in [0.1, 0.15) is 12.0 Å². The van der Waals surface area contributed by atoms with E-state index in [1.54, 1.807) is 13.1 Å². The molecule has 1 heterocycles. The molecule has 6 nitrogen and oxygen atoms in total. The third-order valence-corrected chi connectivity index (χ3v) is 5.33. The highest BCUT2D eigenvalue weighted by molar-refractivity contribution is 14.0. The van der Waals surface area contributed by atoms with Gasteiger partial charge in [-0.25, -0.2) is 8.42 Å². The molecule has 0 aliphatic carbocycles. The standard InChI is InChI=1S/C17H25F3N4O2S.HI/c1-21-16(22-7-4-12-27(2,25)26)24-10-8-23(9-11-24)15-6-3-5-14(13-15)17(18,19)20;/h3,5-6,13H,4,7-12H2,1-2H3,(H,21,22);1H. The molecule has 0 saturated carbocycles. The SMILES string of the molecule is CN=C(NCCCS(C)(=O)=O)N1CCN(c2cccc(C(F)(F)F)c2)CC1.I. The molecule has 1 fully saturated rings. The van der Waals surface area contributed by atoms with Crippen LogP contribution in [0.2, 0.25) is 0 Å². The summed E-state index contributed by atoms with van der Waals surface area (Å²) in [5.74, 6) is 0.785. The van der Waals surface area contributed by atoms with Gasteiger partial charge in [0.1, 0.15) is 9.84 Å². The number of piperazine rings is 1. The Morgan fingerprint density at radius 2 is 1.86 bits per heavy atom. The van der Waals surface area contributed by atoms with E-state index in [1.165, 1.54) is 18.4 Å². The summed E-state index contributed by atoms with van der Waals surface area (Å²) in [7, 11) is -1.34. The molecule has 1 saturated heterocycles. The van der Waals surface area contributed by atoms with Crippen molar-refractivity contribution < 1.29 is 21.6 Å². The number of halogens is 4. The van der Waals surface area contributed by atoms with E-state index in [-0.39, 0.29) is 29.7 Å². The maximum absolute atomic E-state index is 12.9. The van der Waals surface area contributed by atoms with Crippen LogP contribution in [-0.4, -0.2) is 71.1 Å². The van der Waals surface area contributed by atoms with E-state index in [9.17, 15) is 21.6 Å². The number of aliphatic imine (C=N–C) groups is 1. The first-order chi connectivity index (χ1) is 12.6. The number of hydrogen-bond donors (Lipinski definition) is 1. The van der Waals surface area contributed by atoms with E-state index in [1.807, 2.05) is 9.80 Å². The monoisotopic (exact) mass is 534 g/mol. The number of sulfone groups is 1. The van der Waals surface area contributed by atoms with E-state index in [0.717, 1.165) is 6.07 Å². The normalized spacial score (nSPS) is 16.0. The van der Waals surface area contributed by atoms with Crippen LogP contribution in [-0.2, 0) is 16.0 Å². The Bertz CT molecular complexity index is 764. The maximum atomic E-state index is 12.9. The fourth-order valence-corrected chi connectivity index (χ4v) is 3.59. The van der Waals surface area contributed by atoms with Gasteiger partial charge in [0.15, 0.2) is 5.96 Å². The van der Waals surface area contributed by atoms with Crippen molar-refractivity contribution in [2.75, 3.05) is 56.7 Å². The molecule has 1 aromatic rings. The summed E-state index contributed by atoms with van der Waals surface area (Å²) < 4.78 is 61.0. The number of rotatable bonds is 5. The second kappa shape index (κ2) is 10.5. The van der Waals surface area contributed by atoms with E-state index in [0.29, 0.717) is 50.8 Å². The quantitative estimate of drug-likeness (QED) is 0.272. The first-order valence-corrected chi connectivity index (χ1v) is 10.7. The van der Waals surface area contributed by atoms with Crippen molar-refractivity contribution in [1.82, 2.24) is 10.2 Å². The first-order valence-electron chi connectivity index (χ1n) is 8.66. The predicted octanol–water partition coefficient (Wildman–Crippen LogP) is 2.46. The van der Waals surface area contributed by atoms with Crippen molar-refractivity contribution in [2.45, 2.75) is 12.6 Å². The van der Waals surface area contributed by atoms with Crippen LogP contribution < -0.4 is 10.2 Å². The van der Waals surface area contributed by atoms with Gasteiger partial charge < -0.3 is 15.1 Å². The Morgan fingerprint density at radius 1 is 1.21 bits per heavy atom. The number of nitrogens with one attached hydrogen (secondary N) is 1. The fourth-order valence-electron chi connectivity index (χ4n) is 2.92. The molecule has 1 aliphatic rings. The molecule has 0 amide bonds. The van der Waals surface area contributed by atoms with Crippen molar-refractivity contribution in [1.29, 1.82) is 0 Å². The lowest BCUT2D eigenvalue weighted by Gasteiger charge is -2.37. The molecule has 0 spiro atoms. The van der Waals surface area contributed by atoms with Crippen LogP contribution in [0, 0.1) is 0 Å². The molecule has 160 valence electrons. The molecule has 1 aliphatic heterocycles. The zero-order valence-electron chi connectivity index (χ0n) is 15.9. The van der Waals surface area contributed by atoms with Crippen molar-refractivity contribution in [3.63, 3.8) is 0 Å². The van der Waals surface area contributed by atoms with Crippen LogP contribution in [0.4, 0.5) is 18.9 Å². The van der Waals surface area contributed by atoms with Crippen LogP contribution in [0.5, 0.6) is 0 Å². The molecule has 0 radical (unpaired) electrons. The van der Waals surface area contributed by atoms with E-state index < -0.39 is 21.6 Å². The smallest absolute Gasteiger partial charge is 0.368 e. The van der Waals surface area contributed by atoms with Crippen molar-refractivity contribution in [3.05, 3.63) is 29.8 Å². The van der Waals surface area contributed by atoms with Gasteiger partial charge in [-0.15, -0.1) is 24.0 Å². The Balaban J connectivity index is 0.00000392. The molecular weight excluding hydrogens is 508 g/mol. The topological polar surface area (TPSA) is 65.0 Å². The zero-order chi connectivity index (χ0) is 20.1. The lowest BCUT2D eigenvalue weighted by atomic mass is 10.1. The molecule has 0 atom stereocenters. The Labute approximate surface area is 181 Å². The predicted molar refractivity (Wildman–Crippen MR) is 116 cm³/mol. The van der Waals surface area contributed by atoms with Crippen LogP contribution in [0.15, 0.2) is 29.3 Å². The summed E-state index contributed by atoms with van der Waals surface area (Å²) in [4.78, 5) is 8.14. The highest BCUT2D eigenvalue weighted by Crippen LogP contribution is 2.31. The van der Waals surface area contributed by atoms with Gasteiger partial charge in [-0.2, -0.15) is 13.2 Å². The summed E-state index contributed by atoms with van der Waals surface area (Å²) in [6, 6.07) is 5.35. The minimum Gasteiger partial charge on any atom is -0.368 e. The first kappa shape index (κ1) is 24.8. The number of hydrogen-bond acceptors (Lipinski definition) is 4. The summed E-state index contributed by atoms with van der Waals surface area (Å²) in [5, 5.41) is 3.14. The number of anilines is 1. The van der Waals surface area contributed by atoms with Gasteiger partial charge in [0, 0.05) is 51.7 Å². The molecule has 0 aromatic heterocycles. The van der Waals surface area contributed by atoms with Crippen molar-refractivity contribution in [3.8, 4) is 0 Å². The average Bonchev–Trinajstić information content (AvgIpc) is 2.61. The lowest BCUT2D eigenvalue weighted by Crippen LogP contribution is -2.52. The summed E-state index contributed by atoms with van der Waals surface area (Å²) in [5.41, 5.74) is -0.0913. The van der Waals surface area contributed by atoms with Gasteiger partial charge in [-0.1, -0.05) is 6.07 Å². The minimum atomic E-state index is -4.35. The maximum Gasteiger partial charge on any atom is 0.416 e. The Morgan fingerprint density at radius 3 is 2.39 bits per heavy atom. The molecule has 28 heavy (non-hydrogen) atoms.